The number of likely N-dealkylation sites (N-methyl/N-ethyl adjacent to an activating group) is 1. The van der Waals surface area contributed by atoms with Crippen LogP contribution in [-0.2, 0) is 0 Å². The minimum Gasteiger partial charge on any atom is -0.358 e. The Morgan fingerprint density at radius 3 is 2.46 bits per heavy atom. The first kappa shape index (κ1) is 19.3. The first-order valence-corrected chi connectivity index (χ1v) is 10.6. The van der Waals surface area contributed by atoms with Gasteiger partial charge in [0.15, 0.2) is 5.11 Å². The molecule has 2 heterocycles. The highest BCUT2D eigenvalue weighted by atomic mass is 32.1. The van der Waals surface area contributed by atoms with Crippen molar-refractivity contribution in [3.63, 3.8) is 0 Å². The Labute approximate surface area is 166 Å². The number of hydrogen-bond donors (Lipinski definition) is 2. The number of piperazine rings is 1. The number of nitrogens with zero attached hydrogens (tertiary/aromatic N) is 2. The van der Waals surface area contributed by atoms with Gasteiger partial charge < -0.3 is 15.5 Å². The summed E-state index contributed by atoms with van der Waals surface area (Å²) >= 11 is 7.39. The molecule has 0 radical (unpaired) electrons. The highest BCUT2D eigenvalue weighted by Crippen LogP contribution is 2.29. The summed E-state index contributed by atoms with van der Waals surface area (Å²) in [7, 11) is 0. The molecule has 1 aliphatic heterocycles. The second-order valence-electron chi connectivity index (χ2n) is 6.68. The predicted molar refractivity (Wildman–Crippen MR) is 116 cm³/mol. The lowest BCUT2D eigenvalue weighted by Crippen LogP contribution is -2.52. The van der Waals surface area contributed by atoms with Gasteiger partial charge in [0.2, 0.25) is 0 Å². The van der Waals surface area contributed by atoms with Gasteiger partial charge in [0.1, 0.15) is 0 Å². The zero-order valence-corrected chi connectivity index (χ0v) is 17.2. The van der Waals surface area contributed by atoms with E-state index in [1.807, 2.05) is 41.7 Å². The van der Waals surface area contributed by atoms with Crippen LogP contribution in [0.1, 0.15) is 24.8 Å². The van der Waals surface area contributed by atoms with Crippen molar-refractivity contribution >= 4 is 34.4 Å². The van der Waals surface area contributed by atoms with Crippen LogP contribution in [0, 0.1) is 0 Å². The Hall–Kier alpha value is -1.47. The second-order valence-corrected chi connectivity index (χ2v) is 8.07. The van der Waals surface area contributed by atoms with Crippen molar-refractivity contribution in [1.29, 1.82) is 0 Å². The monoisotopic (exact) mass is 388 g/mol. The SMILES string of the molecule is CCN1CCN([C@@H](c2cccs2)[C@@H](C)NC(=S)Nc2ccccc2)CC1. The first-order chi connectivity index (χ1) is 12.7. The van der Waals surface area contributed by atoms with Crippen molar-refractivity contribution in [2.24, 2.45) is 0 Å². The summed E-state index contributed by atoms with van der Waals surface area (Å²) in [6.07, 6.45) is 0. The number of anilines is 1. The predicted octanol–water partition coefficient (Wildman–Crippen LogP) is 3.80. The van der Waals surface area contributed by atoms with Crippen LogP contribution in [0.25, 0.3) is 0 Å². The normalized spacial score (nSPS) is 18.2. The van der Waals surface area contributed by atoms with Crippen molar-refractivity contribution in [3.05, 3.63) is 52.7 Å². The van der Waals surface area contributed by atoms with E-state index < -0.39 is 0 Å². The smallest absolute Gasteiger partial charge is 0.171 e. The third-order valence-electron chi connectivity index (χ3n) is 4.95. The van der Waals surface area contributed by atoms with Gasteiger partial charge in [0.25, 0.3) is 0 Å². The van der Waals surface area contributed by atoms with Crippen LogP contribution in [0.3, 0.4) is 0 Å². The molecule has 4 nitrogen and oxygen atoms in total. The highest BCUT2D eigenvalue weighted by molar-refractivity contribution is 7.80. The fraction of sp³-hybridized carbons (Fsp3) is 0.450. The van der Waals surface area contributed by atoms with E-state index in [0.29, 0.717) is 11.2 Å². The molecule has 26 heavy (non-hydrogen) atoms. The molecule has 2 N–H and O–H groups in total. The Balaban J connectivity index is 1.65. The number of thiocarbonyl (C=S) groups is 1. The molecular weight excluding hydrogens is 360 g/mol. The molecule has 3 rings (SSSR count). The number of hydrogen-bond acceptors (Lipinski definition) is 4. The van der Waals surface area contributed by atoms with Crippen LogP contribution < -0.4 is 10.6 Å². The Morgan fingerprint density at radius 1 is 1.12 bits per heavy atom. The summed E-state index contributed by atoms with van der Waals surface area (Å²) < 4.78 is 0. The Morgan fingerprint density at radius 2 is 1.85 bits per heavy atom. The molecule has 1 aliphatic rings. The minimum atomic E-state index is 0.227. The van der Waals surface area contributed by atoms with Crippen LogP contribution in [0.2, 0.25) is 0 Å². The lowest BCUT2D eigenvalue weighted by molar-refractivity contribution is 0.0883. The highest BCUT2D eigenvalue weighted by Gasteiger charge is 2.30. The summed E-state index contributed by atoms with van der Waals surface area (Å²) in [5, 5.41) is 9.64. The zero-order valence-electron chi connectivity index (χ0n) is 15.5. The summed E-state index contributed by atoms with van der Waals surface area (Å²) in [6, 6.07) is 15.0. The van der Waals surface area contributed by atoms with E-state index >= 15 is 0 Å². The average molecular weight is 389 g/mol. The van der Waals surface area contributed by atoms with Crippen LogP contribution in [0.5, 0.6) is 0 Å². The lowest BCUT2D eigenvalue weighted by atomic mass is 10.1. The Kier molecular flexibility index (Phi) is 7.02. The molecule has 1 fully saturated rings. The summed E-state index contributed by atoms with van der Waals surface area (Å²) in [4.78, 5) is 6.51. The van der Waals surface area contributed by atoms with E-state index in [1.54, 1.807) is 0 Å². The molecule has 1 aromatic heterocycles. The molecule has 2 aromatic rings. The van der Waals surface area contributed by atoms with E-state index in [4.69, 9.17) is 12.2 Å². The van der Waals surface area contributed by atoms with Gasteiger partial charge in [-0.15, -0.1) is 11.3 Å². The standard InChI is InChI=1S/C20H28N4S2/c1-3-23-11-13-24(14-12-23)19(18-10-7-15-26-18)16(2)21-20(25)22-17-8-5-4-6-9-17/h4-10,15-16,19H,3,11-14H2,1-2H3,(H2,21,22,25)/t16-,19-/m1/s1. The molecule has 0 bridgehead atoms. The zero-order chi connectivity index (χ0) is 18.4. The van der Waals surface area contributed by atoms with Crippen molar-refractivity contribution in [2.75, 3.05) is 38.0 Å². The number of thiophene rings is 1. The number of rotatable bonds is 6. The second kappa shape index (κ2) is 9.46. The van der Waals surface area contributed by atoms with E-state index in [9.17, 15) is 0 Å². The number of benzene rings is 1. The van der Waals surface area contributed by atoms with Gasteiger partial charge in [-0.3, -0.25) is 4.90 Å². The van der Waals surface area contributed by atoms with Crippen molar-refractivity contribution < 1.29 is 0 Å². The van der Waals surface area contributed by atoms with Gasteiger partial charge in [0.05, 0.1) is 6.04 Å². The number of para-hydroxylation sites is 1. The lowest BCUT2D eigenvalue weighted by Gasteiger charge is -2.41. The molecule has 0 amide bonds. The largest absolute Gasteiger partial charge is 0.358 e. The number of nitrogens with one attached hydrogen (secondary N) is 2. The maximum absolute atomic E-state index is 5.55. The van der Waals surface area contributed by atoms with Crippen LogP contribution >= 0.6 is 23.6 Å². The molecule has 0 unspecified atom stereocenters. The maximum Gasteiger partial charge on any atom is 0.171 e. The van der Waals surface area contributed by atoms with E-state index in [1.165, 1.54) is 4.88 Å². The molecule has 140 valence electrons. The van der Waals surface area contributed by atoms with E-state index in [2.05, 4.69) is 51.8 Å². The fourth-order valence-corrected chi connectivity index (χ4v) is 4.80. The van der Waals surface area contributed by atoms with Gasteiger partial charge in [-0.1, -0.05) is 31.2 Å². The van der Waals surface area contributed by atoms with Crippen molar-refractivity contribution in [3.8, 4) is 0 Å². The third-order valence-corrected chi connectivity index (χ3v) is 6.11. The van der Waals surface area contributed by atoms with E-state index in [0.717, 1.165) is 38.4 Å². The maximum atomic E-state index is 5.55. The molecule has 0 aliphatic carbocycles. The topological polar surface area (TPSA) is 30.5 Å². The van der Waals surface area contributed by atoms with Crippen LogP contribution in [0.4, 0.5) is 5.69 Å². The van der Waals surface area contributed by atoms with Gasteiger partial charge in [-0.25, -0.2) is 0 Å². The molecule has 1 saturated heterocycles. The Bertz CT molecular complexity index is 666. The summed E-state index contributed by atoms with van der Waals surface area (Å²) in [6.45, 7) is 10.1. The molecule has 0 saturated carbocycles. The van der Waals surface area contributed by atoms with Crippen molar-refractivity contribution in [2.45, 2.75) is 25.9 Å². The van der Waals surface area contributed by atoms with Crippen LogP contribution in [-0.4, -0.2) is 53.7 Å². The fourth-order valence-electron chi connectivity index (χ4n) is 3.53. The summed E-state index contributed by atoms with van der Waals surface area (Å²) in [5.41, 5.74) is 1.02. The first-order valence-electron chi connectivity index (χ1n) is 9.29. The van der Waals surface area contributed by atoms with Crippen molar-refractivity contribution in [1.82, 2.24) is 15.1 Å². The molecule has 6 heteroatoms. The van der Waals surface area contributed by atoms with Gasteiger partial charge in [0, 0.05) is 42.8 Å². The summed E-state index contributed by atoms with van der Waals surface area (Å²) in [5.74, 6) is 0. The molecule has 1 aromatic carbocycles. The van der Waals surface area contributed by atoms with Gasteiger partial charge >= 0.3 is 0 Å². The van der Waals surface area contributed by atoms with Crippen LogP contribution in [0.15, 0.2) is 47.8 Å². The average Bonchev–Trinajstić information content (AvgIpc) is 3.17. The third kappa shape index (κ3) is 5.04. The molecule has 0 spiro atoms. The quantitative estimate of drug-likeness (QED) is 0.735. The van der Waals surface area contributed by atoms with Gasteiger partial charge in [-0.05, 0) is 49.3 Å². The van der Waals surface area contributed by atoms with E-state index in [-0.39, 0.29) is 6.04 Å². The molecule has 2 atom stereocenters. The van der Waals surface area contributed by atoms with Gasteiger partial charge in [-0.2, -0.15) is 0 Å². The minimum absolute atomic E-state index is 0.227. The molecular formula is C20H28N4S2.